The van der Waals surface area contributed by atoms with Crippen LogP contribution in [0.2, 0.25) is 0 Å². The molecule has 1 fully saturated rings. The van der Waals surface area contributed by atoms with Crippen LogP contribution in [0.3, 0.4) is 0 Å². The monoisotopic (exact) mass is 220 g/mol. The molecule has 0 bridgehead atoms. The minimum absolute atomic E-state index is 0.359. The van der Waals surface area contributed by atoms with Gasteiger partial charge in [-0.15, -0.1) is 0 Å². The Morgan fingerprint density at radius 2 is 1.69 bits per heavy atom. The summed E-state index contributed by atoms with van der Waals surface area (Å²) in [6, 6.07) is 0. The maximum absolute atomic E-state index is 5.85. The van der Waals surface area contributed by atoms with Crippen LogP contribution in [-0.2, 0) is 0 Å². The van der Waals surface area contributed by atoms with Gasteiger partial charge in [0.25, 0.3) is 0 Å². The molecule has 2 aromatic heterocycles. The van der Waals surface area contributed by atoms with Crippen LogP contribution < -0.4 is 10.6 Å². The number of piperidine rings is 1. The summed E-state index contributed by atoms with van der Waals surface area (Å²) < 4.78 is 4.56. The summed E-state index contributed by atoms with van der Waals surface area (Å²) >= 11 is 0. The summed E-state index contributed by atoms with van der Waals surface area (Å²) in [7, 11) is 0. The maximum atomic E-state index is 5.85. The fourth-order valence-electron chi connectivity index (χ4n) is 1.98. The highest BCUT2D eigenvalue weighted by Crippen LogP contribution is 2.23. The van der Waals surface area contributed by atoms with Crippen LogP contribution in [0.1, 0.15) is 19.3 Å². The molecule has 2 aromatic rings. The Labute approximate surface area is 91.6 Å². The molecule has 1 aliphatic heterocycles. The average Bonchev–Trinajstić information content (AvgIpc) is 2.76. The first-order chi connectivity index (χ1) is 7.84. The van der Waals surface area contributed by atoms with Gasteiger partial charge in [0, 0.05) is 13.1 Å². The van der Waals surface area contributed by atoms with Gasteiger partial charge < -0.3 is 10.6 Å². The molecule has 0 amide bonds. The van der Waals surface area contributed by atoms with Crippen LogP contribution in [0.15, 0.2) is 4.63 Å². The lowest BCUT2D eigenvalue weighted by Crippen LogP contribution is -2.31. The van der Waals surface area contributed by atoms with Crippen LogP contribution in [0.25, 0.3) is 11.3 Å². The molecule has 7 nitrogen and oxygen atoms in total. The van der Waals surface area contributed by atoms with Crippen LogP contribution in [0.5, 0.6) is 0 Å². The zero-order chi connectivity index (χ0) is 11.0. The normalized spacial score (nSPS) is 16.9. The average molecular weight is 220 g/mol. The highest BCUT2D eigenvalue weighted by molar-refractivity contribution is 5.72. The molecular formula is C9H12N6O. The van der Waals surface area contributed by atoms with E-state index in [1.165, 1.54) is 6.42 Å². The van der Waals surface area contributed by atoms with Crippen molar-refractivity contribution >= 4 is 22.9 Å². The van der Waals surface area contributed by atoms with Gasteiger partial charge in [0.05, 0.1) is 0 Å². The fourth-order valence-corrected chi connectivity index (χ4v) is 1.98. The second-order valence-electron chi connectivity index (χ2n) is 3.89. The molecule has 2 N–H and O–H groups in total. The molecule has 84 valence electrons. The molecule has 0 unspecified atom stereocenters. The second-order valence-corrected chi connectivity index (χ2v) is 3.89. The van der Waals surface area contributed by atoms with Crippen molar-refractivity contribution in [2.75, 3.05) is 23.7 Å². The van der Waals surface area contributed by atoms with E-state index >= 15 is 0 Å². The molecule has 16 heavy (non-hydrogen) atoms. The highest BCUT2D eigenvalue weighted by atomic mass is 16.6. The van der Waals surface area contributed by atoms with Crippen LogP contribution in [0, 0.1) is 0 Å². The molecule has 0 atom stereocenters. The molecule has 1 aliphatic rings. The molecule has 0 aromatic carbocycles. The summed E-state index contributed by atoms with van der Waals surface area (Å²) in [6.45, 7) is 1.94. The number of nitrogens with two attached hydrogens (primary N) is 1. The lowest BCUT2D eigenvalue weighted by atomic mass is 10.1. The molecule has 0 radical (unpaired) electrons. The van der Waals surface area contributed by atoms with Gasteiger partial charge in [-0.05, 0) is 29.6 Å². The maximum Gasteiger partial charge on any atom is 0.245 e. The first-order valence-electron chi connectivity index (χ1n) is 5.35. The standard InChI is InChI=1S/C9H12N6O/c10-6-9(15-4-2-1-3-5-15)12-8-7(11-6)13-16-14-8/h1-5H2,(H2,10,11,13). The number of hydrogen-bond donors (Lipinski definition) is 1. The topological polar surface area (TPSA) is 94.0 Å². The van der Waals surface area contributed by atoms with Gasteiger partial charge >= 0.3 is 0 Å². The number of hydrogen-bond acceptors (Lipinski definition) is 7. The molecule has 0 saturated carbocycles. The number of anilines is 2. The van der Waals surface area contributed by atoms with Crippen molar-refractivity contribution in [3.8, 4) is 0 Å². The second kappa shape index (κ2) is 3.58. The zero-order valence-corrected chi connectivity index (χ0v) is 8.76. The van der Waals surface area contributed by atoms with Gasteiger partial charge in [0.2, 0.25) is 11.3 Å². The van der Waals surface area contributed by atoms with Gasteiger partial charge in [0.1, 0.15) is 0 Å². The lowest BCUT2D eigenvalue weighted by Gasteiger charge is -2.27. The molecule has 1 saturated heterocycles. The molecular weight excluding hydrogens is 208 g/mol. The smallest absolute Gasteiger partial charge is 0.245 e. The van der Waals surface area contributed by atoms with Crippen molar-refractivity contribution in [3.63, 3.8) is 0 Å². The minimum atomic E-state index is 0.359. The van der Waals surface area contributed by atoms with Crippen molar-refractivity contribution in [1.29, 1.82) is 0 Å². The Morgan fingerprint density at radius 1 is 1.00 bits per heavy atom. The minimum Gasteiger partial charge on any atom is -0.381 e. The van der Waals surface area contributed by atoms with Gasteiger partial charge in [0.15, 0.2) is 11.6 Å². The van der Waals surface area contributed by atoms with Gasteiger partial charge in [-0.1, -0.05) is 0 Å². The number of fused-ring (bicyclic) bond motifs is 1. The quantitative estimate of drug-likeness (QED) is 0.751. The molecule has 0 spiro atoms. The van der Waals surface area contributed by atoms with Crippen molar-refractivity contribution in [2.45, 2.75) is 19.3 Å². The SMILES string of the molecule is Nc1nc2nonc2nc1N1CCCCC1. The fraction of sp³-hybridized carbons (Fsp3) is 0.556. The third kappa shape index (κ3) is 1.44. The Kier molecular flexibility index (Phi) is 2.09. The van der Waals surface area contributed by atoms with Gasteiger partial charge in [-0.25, -0.2) is 14.6 Å². The van der Waals surface area contributed by atoms with Crippen LogP contribution in [-0.4, -0.2) is 33.4 Å². The van der Waals surface area contributed by atoms with E-state index in [1.807, 2.05) is 0 Å². The van der Waals surface area contributed by atoms with Crippen LogP contribution >= 0.6 is 0 Å². The summed E-state index contributed by atoms with van der Waals surface area (Å²) in [5.41, 5.74) is 6.62. The lowest BCUT2D eigenvalue weighted by molar-refractivity contribution is 0.314. The summed E-state index contributed by atoms with van der Waals surface area (Å²) in [6.07, 6.45) is 3.59. The van der Waals surface area contributed by atoms with E-state index in [0.717, 1.165) is 25.9 Å². The molecule has 3 rings (SSSR count). The van der Waals surface area contributed by atoms with E-state index in [9.17, 15) is 0 Å². The largest absolute Gasteiger partial charge is 0.381 e. The van der Waals surface area contributed by atoms with Gasteiger partial charge in [-0.2, -0.15) is 0 Å². The van der Waals surface area contributed by atoms with Crippen LogP contribution in [0.4, 0.5) is 11.6 Å². The van der Waals surface area contributed by atoms with E-state index in [0.29, 0.717) is 22.9 Å². The predicted molar refractivity (Wildman–Crippen MR) is 57.9 cm³/mol. The summed E-state index contributed by atoms with van der Waals surface area (Å²) in [4.78, 5) is 10.6. The number of aromatic nitrogens is 4. The number of rotatable bonds is 1. The van der Waals surface area contributed by atoms with Crippen molar-refractivity contribution in [3.05, 3.63) is 0 Å². The molecule has 7 heteroatoms. The molecule has 3 heterocycles. The van der Waals surface area contributed by atoms with Gasteiger partial charge in [-0.3, -0.25) is 0 Å². The predicted octanol–water partition coefficient (Wildman–Crippen LogP) is 0.585. The van der Waals surface area contributed by atoms with E-state index < -0.39 is 0 Å². The van der Waals surface area contributed by atoms with E-state index in [2.05, 4.69) is 29.8 Å². The number of nitrogens with zero attached hydrogens (tertiary/aromatic N) is 5. The highest BCUT2D eigenvalue weighted by Gasteiger charge is 2.18. The first-order valence-corrected chi connectivity index (χ1v) is 5.35. The van der Waals surface area contributed by atoms with E-state index in [4.69, 9.17) is 5.73 Å². The summed E-state index contributed by atoms with van der Waals surface area (Å²) in [5, 5.41) is 7.28. The summed E-state index contributed by atoms with van der Waals surface area (Å²) in [5.74, 6) is 1.09. The third-order valence-electron chi connectivity index (χ3n) is 2.78. The Morgan fingerprint density at radius 3 is 2.44 bits per heavy atom. The van der Waals surface area contributed by atoms with Crippen molar-refractivity contribution in [2.24, 2.45) is 0 Å². The van der Waals surface area contributed by atoms with E-state index in [1.54, 1.807) is 0 Å². The Balaban J connectivity index is 2.03. The molecule has 0 aliphatic carbocycles. The van der Waals surface area contributed by atoms with E-state index in [-0.39, 0.29) is 0 Å². The zero-order valence-electron chi connectivity index (χ0n) is 8.76. The third-order valence-corrected chi connectivity index (χ3v) is 2.78. The Hall–Kier alpha value is -1.92. The van der Waals surface area contributed by atoms with Crippen molar-refractivity contribution in [1.82, 2.24) is 20.3 Å². The number of nitrogen functional groups attached to an aromatic ring is 1. The first kappa shape index (κ1) is 9.32. The van der Waals surface area contributed by atoms with Crippen molar-refractivity contribution < 1.29 is 4.63 Å². The Bertz CT molecular complexity index is 504.